The van der Waals surface area contributed by atoms with E-state index in [4.69, 9.17) is 0 Å². The summed E-state index contributed by atoms with van der Waals surface area (Å²) in [7, 11) is 0. The summed E-state index contributed by atoms with van der Waals surface area (Å²) in [4.78, 5) is 18.5. The summed E-state index contributed by atoms with van der Waals surface area (Å²) in [5.41, 5.74) is 0.617. The van der Waals surface area contributed by atoms with E-state index in [1.54, 1.807) is 30.9 Å². The third-order valence-electron chi connectivity index (χ3n) is 3.63. The summed E-state index contributed by atoms with van der Waals surface area (Å²) >= 11 is 0. The predicted octanol–water partition coefficient (Wildman–Crippen LogP) is 1.85. The van der Waals surface area contributed by atoms with E-state index in [0.29, 0.717) is 17.9 Å². The molecule has 1 aliphatic rings. The van der Waals surface area contributed by atoms with E-state index in [9.17, 15) is 9.90 Å². The van der Waals surface area contributed by atoms with Crippen LogP contribution in [0.1, 0.15) is 37.0 Å². The number of hydrogen-bond acceptors (Lipinski definition) is 4. The molecule has 22 heavy (non-hydrogen) atoms. The molecule has 1 aromatic carbocycles. The molecular formula is C16H20N4O2. The van der Waals surface area contributed by atoms with Gasteiger partial charge < -0.3 is 10.0 Å². The van der Waals surface area contributed by atoms with Crippen molar-refractivity contribution in [1.29, 1.82) is 0 Å². The molecule has 1 heterocycles. The Kier molecular flexibility index (Phi) is 3.70. The lowest BCUT2D eigenvalue weighted by Gasteiger charge is -2.29. The van der Waals surface area contributed by atoms with Crippen molar-refractivity contribution in [1.82, 2.24) is 20.1 Å². The third kappa shape index (κ3) is 3.33. The first-order valence-electron chi connectivity index (χ1n) is 7.43. The van der Waals surface area contributed by atoms with Crippen molar-refractivity contribution in [3.8, 4) is 11.4 Å². The van der Waals surface area contributed by atoms with Crippen LogP contribution >= 0.6 is 0 Å². The Morgan fingerprint density at radius 3 is 2.55 bits per heavy atom. The molecule has 6 nitrogen and oxygen atoms in total. The molecule has 0 atom stereocenters. The number of nitrogens with one attached hydrogen (secondary N) is 1. The van der Waals surface area contributed by atoms with Crippen LogP contribution in [0.2, 0.25) is 0 Å². The Morgan fingerprint density at radius 2 is 2.05 bits per heavy atom. The Bertz CT molecular complexity index is 640. The molecule has 0 aliphatic heterocycles. The number of carbonyl (C=O) groups is 1. The highest BCUT2D eigenvalue weighted by atomic mass is 16.3. The topological polar surface area (TPSA) is 82.1 Å². The van der Waals surface area contributed by atoms with Gasteiger partial charge in [-0.25, -0.2) is 4.98 Å². The predicted molar refractivity (Wildman–Crippen MR) is 82.2 cm³/mol. The highest BCUT2D eigenvalue weighted by Gasteiger charge is 2.35. The zero-order chi connectivity index (χ0) is 15.7. The maximum atomic E-state index is 12.7. The third-order valence-corrected chi connectivity index (χ3v) is 3.63. The van der Waals surface area contributed by atoms with Crippen LogP contribution in [0.15, 0.2) is 30.6 Å². The number of H-pyrrole nitrogens is 1. The molecule has 116 valence electrons. The standard InChI is InChI=1S/C16H20N4O2/c1-16(2,22)9-20(13-7-8-13)15(21)12-5-3-11(4-6-12)14-17-10-18-19-14/h3-6,10,13,22H,7-9H2,1-2H3,(H,17,18,19). The number of nitrogens with zero attached hydrogens (tertiary/aromatic N) is 3. The SMILES string of the molecule is CC(C)(O)CN(C(=O)c1ccc(-c2ncn[nH]2)cc1)C1CC1. The highest BCUT2D eigenvalue weighted by Crippen LogP contribution is 2.30. The molecule has 6 heteroatoms. The largest absolute Gasteiger partial charge is 0.389 e. The Labute approximate surface area is 129 Å². The molecule has 1 aliphatic carbocycles. The molecule has 2 N–H and O–H groups in total. The number of aliphatic hydroxyl groups is 1. The van der Waals surface area contributed by atoms with E-state index in [-0.39, 0.29) is 11.9 Å². The van der Waals surface area contributed by atoms with E-state index in [0.717, 1.165) is 18.4 Å². The van der Waals surface area contributed by atoms with Gasteiger partial charge in [-0.15, -0.1) is 0 Å². The quantitative estimate of drug-likeness (QED) is 0.883. The fourth-order valence-corrected chi connectivity index (χ4v) is 2.45. The van der Waals surface area contributed by atoms with Gasteiger partial charge in [-0.3, -0.25) is 9.89 Å². The second kappa shape index (κ2) is 5.53. The number of rotatable bonds is 5. The van der Waals surface area contributed by atoms with Crippen molar-refractivity contribution in [3.05, 3.63) is 36.2 Å². The zero-order valence-corrected chi connectivity index (χ0v) is 12.8. The van der Waals surface area contributed by atoms with Crippen LogP contribution in [0.3, 0.4) is 0 Å². The molecule has 1 saturated carbocycles. The summed E-state index contributed by atoms with van der Waals surface area (Å²) in [5.74, 6) is 0.642. The summed E-state index contributed by atoms with van der Waals surface area (Å²) < 4.78 is 0. The van der Waals surface area contributed by atoms with E-state index >= 15 is 0 Å². The second-order valence-electron chi connectivity index (χ2n) is 6.39. The normalized spacial score (nSPS) is 14.9. The molecule has 0 radical (unpaired) electrons. The van der Waals surface area contributed by atoms with Crippen LogP contribution in [-0.4, -0.2) is 49.3 Å². The average Bonchev–Trinajstić information content (AvgIpc) is 3.17. The smallest absolute Gasteiger partial charge is 0.254 e. The van der Waals surface area contributed by atoms with Gasteiger partial charge in [0.1, 0.15) is 6.33 Å². The molecule has 0 unspecified atom stereocenters. The monoisotopic (exact) mass is 300 g/mol. The van der Waals surface area contributed by atoms with Crippen molar-refractivity contribution in [3.63, 3.8) is 0 Å². The first-order valence-corrected chi connectivity index (χ1v) is 7.43. The Morgan fingerprint density at radius 1 is 1.36 bits per heavy atom. The number of benzene rings is 1. The first-order chi connectivity index (χ1) is 10.4. The van der Waals surface area contributed by atoms with Crippen molar-refractivity contribution >= 4 is 5.91 Å². The lowest BCUT2D eigenvalue weighted by atomic mass is 10.1. The van der Waals surface area contributed by atoms with Gasteiger partial charge in [0.25, 0.3) is 5.91 Å². The zero-order valence-electron chi connectivity index (χ0n) is 12.8. The minimum absolute atomic E-state index is 0.0336. The fraction of sp³-hybridized carbons (Fsp3) is 0.438. The number of aromatic amines is 1. The van der Waals surface area contributed by atoms with Crippen molar-refractivity contribution < 1.29 is 9.90 Å². The maximum absolute atomic E-state index is 12.7. The van der Waals surface area contributed by atoms with Crippen molar-refractivity contribution in [2.45, 2.75) is 38.3 Å². The number of carbonyl (C=O) groups excluding carboxylic acids is 1. The average molecular weight is 300 g/mol. The van der Waals surface area contributed by atoms with E-state index in [1.807, 2.05) is 12.1 Å². The summed E-state index contributed by atoms with van der Waals surface area (Å²) in [6.45, 7) is 3.80. The van der Waals surface area contributed by atoms with Gasteiger partial charge in [-0.2, -0.15) is 5.10 Å². The van der Waals surface area contributed by atoms with Gasteiger partial charge in [0, 0.05) is 23.7 Å². The summed E-state index contributed by atoms with van der Waals surface area (Å²) in [6, 6.07) is 7.54. The van der Waals surface area contributed by atoms with Gasteiger partial charge >= 0.3 is 0 Å². The van der Waals surface area contributed by atoms with Crippen molar-refractivity contribution in [2.75, 3.05) is 6.54 Å². The van der Waals surface area contributed by atoms with E-state index in [2.05, 4.69) is 15.2 Å². The molecule has 0 saturated heterocycles. The van der Waals surface area contributed by atoms with Gasteiger partial charge in [0.2, 0.25) is 0 Å². The van der Waals surface area contributed by atoms with Crippen molar-refractivity contribution in [2.24, 2.45) is 0 Å². The number of hydrogen-bond donors (Lipinski definition) is 2. The van der Waals surface area contributed by atoms with E-state index in [1.165, 1.54) is 6.33 Å². The molecule has 0 bridgehead atoms. The summed E-state index contributed by atoms with van der Waals surface area (Å²) in [5, 5.41) is 16.6. The highest BCUT2D eigenvalue weighted by molar-refractivity contribution is 5.95. The Hall–Kier alpha value is -2.21. The van der Waals surface area contributed by atoms with Gasteiger partial charge in [-0.05, 0) is 38.8 Å². The van der Waals surface area contributed by atoms with Crippen LogP contribution < -0.4 is 0 Å². The minimum atomic E-state index is -0.891. The van der Waals surface area contributed by atoms with Crippen LogP contribution in [0.4, 0.5) is 0 Å². The molecule has 0 spiro atoms. The molecule has 1 fully saturated rings. The van der Waals surface area contributed by atoms with Gasteiger partial charge in [-0.1, -0.05) is 12.1 Å². The maximum Gasteiger partial charge on any atom is 0.254 e. The van der Waals surface area contributed by atoms with Crippen LogP contribution in [0.25, 0.3) is 11.4 Å². The molecule has 1 aromatic heterocycles. The van der Waals surface area contributed by atoms with Crippen LogP contribution in [0, 0.1) is 0 Å². The second-order valence-corrected chi connectivity index (χ2v) is 6.39. The number of amides is 1. The number of aromatic nitrogens is 3. The molecular weight excluding hydrogens is 280 g/mol. The van der Waals surface area contributed by atoms with Gasteiger partial charge in [0.05, 0.1) is 5.60 Å². The molecule has 3 rings (SSSR count). The Balaban J connectivity index is 1.78. The molecule has 1 amide bonds. The van der Waals surface area contributed by atoms with Crippen LogP contribution in [0.5, 0.6) is 0 Å². The van der Waals surface area contributed by atoms with Crippen LogP contribution in [-0.2, 0) is 0 Å². The lowest BCUT2D eigenvalue weighted by Crippen LogP contribution is -2.43. The fourth-order valence-electron chi connectivity index (χ4n) is 2.45. The minimum Gasteiger partial charge on any atom is -0.389 e. The lowest BCUT2D eigenvalue weighted by molar-refractivity contribution is 0.0279. The molecule has 2 aromatic rings. The summed E-state index contributed by atoms with van der Waals surface area (Å²) in [6.07, 6.45) is 3.47. The van der Waals surface area contributed by atoms with E-state index < -0.39 is 5.60 Å². The first kappa shape index (κ1) is 14.7. The van der Waals surface area contributed by atoms with Gasteiger partial charge in [0.15, 0.2) is 5.82 Å².